The van der Waals surface area contributed by atoms with Crippen molar-refractivity contribution in [3.05, 3.63) is 0 Å². The van der Waals surface area contributed by atoms with Gasteiger partial charge in [0.05, 0.1) is 18.5 Å². The van der Waals surface area contributed by atoms with Crippen LogP contribution in [0.4, 0.5) is 0 Å². The van der Waals surface area contributed by atoms with Crippen LogP contribution in [-0.2, 0) is 19.5 Å². The molecule has 0 amide bonds. The highest BCUT2D eigenvalue weighted by atomic mass is 35.5. The van der Waals surface area contributed by atoms with Gasteiger partial charge in [-0.25, -0.2) is 13.1 Å². The highest BCUT2D eigenvalue weighted by molar-refractivity contribution is 7.89. The number of ether oxygens (including phenoxy) is 2. The van der Waals surface area contributed by atoms with Crippen LogP contribution in [-0.4, -0.2) is 52.5 Å². The number of alkyl halides is 1. The van der Waals surface area contributed by atoms with Gasteiger partial charge in [0.2, 0.25) is 10.0 Å². The van der Waals surface area contributed by atoms with Crippen molar-refractivity contribution in [2.45, 2.75) is 25.4 Å². The minimum atomic E-state index is -3.21. The zero-order valence-corrected chi connectivity index (χ0v) is 11.4. The van der Waals surface area contributed by atoms with Gasteiger partial charge in [-0.2, -0.15) is 0 Å². The Kier molecular flexibility index (Phi) is 7.38. The Morgan fingerprint density at radius 3 is 2.88 bits per heavy atom. The number of hydrogen-bond acceptors (Lipinski definition) is 4. The highest BCUT2D eigenvalue weighted by Crippen LogP contribution is 2.13. The van der Waals surface area contributed by atoms with Crippen LogP contribution in [0.2, 0.25) is 0 Å². The number of rotatable bonds is 9. The van der Waals surface area contributed by atoms with Crippen LogP contribution in [0, 0.1) is 0 Å². The molecule has 17 heavy (non-hydrogen) atoms. The van der Waals surface area contributed by atoms with Crippen molar-refractivity contribution < 1.29 is 17.9 Å². The average Bonchev–Trinajstić information content (AvgIpc) is 2.75. The van der Waals surface area contributed by atoms with Crippen LogP contribution in [0.3, 0.4) is 0 Å². The Balaban J connectivity index is 2.07. The lowest BCUT2D eigenvalue weighted by Gasteiger charge is -2.11. The molecule has 0 radical (unpaired) electrons. The molecule has 1 fully saturated rings. The lowest BCUT2D eigenvalue weighted by molar-refractivity contribution is 0.127. The van der Waals surface area contributed by atoms with E-state index < -0.39 is 10.0 Å². The van der Waals surface area contributed by atoms with E-state index in [0.717, 1.165) is 12.8 Å². The fraction of sp³-hybridized carbons (Fsp3) is 1.00. The van der Waals surface area contributed by atoms with Crippen LogP contribution in [0.15, 0.2) is 0 Å². The van der Waals surface area contributed by atoms with Gasteiger partial charge in [0, 0.05) is 25.6 Å². The van der Waals surface area contributed by atoms with Gasteiger partial charge in [0.25, 0.3) is 0 Å². The van der Waals surface area contributed by atoms with E-state index in [-0.39, 0.29) is 11.9 Å². The molecular formula is C10H20ClNO4S. The largest absolute Gasteiger partial charge is 0.380 e. The highest BCUT2D eigenvalue weighted by Gasteiger charge is 2.22. The minimum absolute atomic E-state index is 0.0650. The summed E-state index contributed by atoms with van der Waals surface area (Å²) in [7, 11) is -3.21. The van der Waals surface area contributed by atoms with Crippen molar-refractivity contribution in [2.24, 2.45) is 0 Å². The molecule has 1 rings (SSSR count). The molecule has 0 saturated carbocycles. The first-order valence-electron chi connectivity index (χ1n) is 5.87. The van der Waals surface area contributed by atoms with E-state index in [1.165, 1.54) is 0 Å². The van der Waals surface area contributed by atoms with Crippen molar-refractivity contribution in [1.82, 2.24) is 4.72 Å². The standard InChI is InChI=1S/C10H20ClNO4S/c11-4-8-15-6-2-5-12-17(13,14)9-10-3-1-7-16-10/h10,12H,1-9H2. The molecule has 0 spiro atoms. The summed E-state index contributed by atoms with van der Waals surface area (Å²) in [4.78, 5) is 0. The molecule has 1 aliphatic heterocycles. The van der Waals surface area contributed by atoms with E-state index in [4.69, 9.17) is 21.1 Å². The molecule has 102 valence electrons. The quantitative estimate of drug-likeness (QED) is 0.501. The van der Waals surface area contributed by atoms with Gasteiger partial charge >= 0.3 is 0 Å². The molecule has 0 bridgehead atoms. The second-order valence-electron chi connectivity index (χ2n) is 3.97. The fourth-order valence-corrected chi connectivity index (χ4v) is 3.07. The van der Waals surface area contributed by atoms with Crippen LogP contribution < -0.4 is 4.72 Å². The number of halogens is 1. The topological polar surface area (TPSA) is 64.6 Å². The minimum Gasteiger partial charge on any atom is -0.380 e. The molecule has 1 unspecified atom stereocenters. The summed E-state index contributed by atoms with van der Waals surface area (Å²) in [5.74, 6) is 0.528. The summed E-state index contributed by atoms with van der Waals surface area (Å²) < 4.78 is 36.2. The summed E-state index contributed by atoms with van der Waals surface area (Å²) in [6, 6.07) is 0. The zero-order valence-electron chi connectivity index (χ0n) is 9.86. The van der Waals surface area contributed by atoms with Gasteiger partial charge in [-0.15, -0.1) is 11.6 Å². The summed E-state index contributed by atoms with van der Waals surface area (Å²) >= 11 is 5.43. The molecule has 1 aliphatic rings. The first-order chi connectivity index (χ1) is 8.14. The number of sulfonamides is 1. The summed E-state index contributed by atoms with van der Waals surface area (Å²) in [6.07, 6.45) is 2.30. The Morgan fingerprint density at radius 1 is 1.41 bits per heavy atom. The third-order valence-corrected chi connectivity index (χ3v) is 4.05. The van der Waals surface area contributed by atoms with Crippen LogP contribution in [0.1, 0.15) is 19.3 Å². The van der Waals surface area contributed by atoms with Gasteiger partial charge in [0.1, 0.15) is 0 Å². The molecule has 1 saturated heterocycles. The van der Waals surface area contributed by atoms with Crippen LogP contribution in [0.25, 0.3) is 0 Å². The Bertz CT molecular complexity index is 291. The van der Waals surface area contributed by atoms with Gasteiger partial charge in [-0.3, -0.25) is 0 Å². The predicted molar refractivity (Wildman–Crippen MR) is 66.9 cm³/mol. The molecule has 0 aromatic carbocycles. The smallest absolute Gasteiger partial charge is 0.214 e. The lowest BCUT2D eigenvalue weighted by atomic mass is 10.3. The van der Waals surface area contributed by atoms with E-state index in [1.54, 1.807) is 0 Å². The Hall–Kier alpha value is 0.120. The normalized spacial score (nSPS) is 20.9. The van der Waals surface area contributed by atoms with Gasteiger partial charge in [-0.05, 0) is 19.3 Å². The van der Waals surface area contributed by atoms with Crippen molar-refractivity contribution in [2.75, 3.05) is 38.0 Å². The SMILES string of the molecule is O=S(=O)(CC1CCCO1)NCCCOCCCl. The van der Waals surface area contributed by atoms with E-state index in [9.17, 15) is 8.42 Å². The first kappa shape index (κ1) is 15.2. The Labute approximate surface area is 108 Å². The summed E-state index contributed by atoms with van der Waals surface area (Å²) in [5.41, 5.74) is 0. The molecule has 7 heteroatoms. The maximum absolute atomic E-state index is 11.6. The zero-order chi connectivity index (χ0) is 12.6. The molecule has 1 atom stereocenters. The maximum atomic E-state index is 11.6. The van der Waals surface area contributed by atoms with Gasteiger partial charge < -0.3 is 9.47 Å². The molecule has 1 heterocycles. The molecule has 0 aromatic heterocycles. The predicted octanol–water partition coefficient (Wildman–Crippen LogP) is 0.730. The fourth-order valence-electron chi connectivity index (χ4n) is 1.64. The van der Waals surface area contributed by atoms with E-state index in [2.05, 4.69) is 4.72 Å². The van der Waals surface area contributed by atoms with Crippen LogP contribution in [0.5, 0.6) is 0 Å². The molecule has 0 aliphatic carbocycles. The van der Waals surface area contributed by atoms with Crippen molar-refractivity contribution in [3.63, 3.8) is 0 Å². The van der Waals surface area contributed by atoms with Gasteiger partial charge in [0.15, 0.2) is 0 Å². The van der Waals surface area contributed by atoms with E-state index >= 15 is 0 Å². The third-order valence-electron chi connectivity index (χ3n) is 2.44. The summed E-state index contributed by atoms with van der Waals surface area (Å²) in [6.45, 7) is 2.10. The number of hydrogen-bond donors (Lipinski definition) is 1. The van der Waals surface area contributed by atoms with Crippen molar-refractivity contribution in [1.29, 1.82) is 0 Å². The lowest BCUT2D eigenvalue weighted by Crippen LogP contribution is -2.33. The third kappa shape index (κ3) is 7.21. The molecule has 5 nitrogen and oxygen atoms in total. The second kappa shape index (κ2) is 8.26. The van der Waals surface area contributed by atoms with Gasteiger partial charge in [-0.1, -0.05) is 0 Å². The first-order valence-corrected chi connectivity index (χ1v) is 8.05. The summed E-state index contributed by atoms with van der Waals surface area (Å²) in [5, 5.41) is 0. The molecule has 0 aromatic rings. The molecule has 1 N–H and O–H groups in total. The second-order valence-corrected chi connectivity index (χ2v) is 6.20. The molecular weight excluding hydrogens is 266 g/mol. The monoisotopic (exact) mass is 285 g/mol. The maximum Gasteiger partial charge on any atom is 0.214 e. The Morgan fingerprint density at radius 2 is 2.24 bits per heavy atom. The van der Waals surface area contributed by atoms with Crippen molar-refractivity contribution >= 4 is 21.6 Å². The van der Waals surface area contributed by atoms with Crippen molar-refractivity contribution in [3.8, 4) is 0 Å². The van der Waals surface area contributed by atoms with Crippen LogP contribution >= 0.6 is 11.6 Å². The van der Waals surface area contributed by atoms with E-state index in [0.29, 0.717) is 38.7 Å². The average molecular weight is 286 g/mol. The number of nitrogens with one attached hydrogen (secondary N) is 1. The van der Waals surface area contributed by atoms with E-state index in [1.807, 2.05) is 0 Å².